The summed E-state index contributed by atoms with van der Waals surface area (Å²) in [6.45, 7) is 2.04. The maximum atomic E-state index is 13.1. The van der Waals surface area contributed by atoms with E-state index in [-0.39, 0.29) is 24.5 Å². The van der Waals surface area contributed by atoms with Gasteiger partial charge in [-0.25, -0.2) is 4.79 Å². The van der Waals surface area contributed by atoms with E-state index in [1.54, 1.807) is 17.9 Å². The molecule has 1 heterocycles. The van der Waals surface area contributed by atoms with Crippen LogP contribution in [0.15, 0.2) is 48.8 Å². The Labute approximate surface area is 157 Å². The number of carbonyl (C=O) groups excluding carboxylic acids is 2. The second kappa shape index (κ2) is 8.32. The van der Waals surface area contributed by atoms with Crippen molar-refractivity contribution >= 4 is 23.5 Å². The zero-order valence-corrected chi connectivity index (χ0v) is 15.4. The van der Waals surface area contributed by atoms with Gasteiger partial charge in [0.15, 0.2) is 0 Å². The van der Waals surface area contributed by atoms with Crippen LogP contribution in [0, 0.1) is 0 Å². The summed E-state index contributed by atoms with van der Waals surface area (Å²) in [5.74, 6) is -0.622. The van der Waals surface area contributed by atoms with Gasteiger partial charge in [-0.2, -0.15) is 0 Å². The van der Waals surface area contributed by atoms with E-state index >= 15 is 0 Å². The highest BCUT2D eigenvalue weighted by Gasteiger charge is 2.41. The van der Waals surface area contributed by atoms with Crippen molar-refractivity contribution in [1.82, 2.24) is 9.88 Å². The molecule has 1 aliphatic carbocycles. The SMILES string of the molecule is CCOC(=O)C(Cc1ccccc1)N(C(=O)c1cncc(Cl)c1)C1CC1. The average molecular weight is 373 g/mol. The lowest BCUT2D eigenvalue weighted by Gasteiger charge is -2.30. The smallest absolute Gasteiger partial charge is 0.329 e. The quantitative estimate of drug-likeness (QED) is 0.698. The summed E-state index contributed by atoms with van der Waals surface area (Å²) in [5, 5.41) is 0.391. The van der Waals surface area contributed by atoms with Gasteiger partial charge in [0, 0.05) is 24.9 Å². The molecule has 1 atom stereocenters. The standard InChI is InChI=1S/C20H21ClN2O3/c1-2-26-20(25)18(10-14-6-4-3-5-7-14)23(17-8-9-17)19(24)15-11-16(21)13-22-12-15/h3-7,11-13,17-18H,2,8-10H2,1H3. The Morgan fingerprint density at radius 3 is 2.62 bits per heavy atom. The zero-order valence-electron chi connectivity index (χ0n) is 14.6. The van der Waals surface area contributed by atoms with Gasteiger partial charge in [-0.3, -0.25) is 9.78 Å². The first-order valence-corrected chi connectivity index (χ1v) is 9.11. The van der Waals surface area contributed by atoms with Crippen LogP contribution in [0.3, 0.4) is 0 Å². The van der Waals surface area contributed by atoms with E-state index in [9.17, 15) is 9.59 Å². The third-order valence-electron chi connectivity index (χ3n) is 4.29. The van der Waals surface area contributed by atoms with E-state index < -0.39 is 6.04 Å². The number of rotatable bonds is 7. The Bertz CT molecular complexity index is 778. The molecule has 1 saturated carbocycles. The lowest BCUT2D eigenvalue weighted by molar-refractivity contribution is -0.148. The number of carbonyl (C=O) groups is 2. The molecule has 0 bridgehead atoms. The summed E-state index contributed by atoms with van der Waals surface area (Å²) in [6, 6.07) is 10.6. The molecule has 0 N–H and O–H groups in total. The maximum absolute atomic E-state index is 13.1. The van der Waals surface area contributed by atoms with Crippen LogP contribution in [0.2, 0.25) is 5.02 Å². The number of ether oxygens (including phenoxy) is 1. The molecule has 1 unspecified atom stereocenters. The molecule has 136 valence electrons. The molecule has 26 heavy (non-hydrogen) atoms. The molecular weight excluding hydrogens is 352 g/mol. The highest BCUT2D eigenvalue weighted by Crippen LogP contribution is 2.32. The number of benzene rings is 1. The molecule has 1 aromatic heterocycles. The number of hydrogen-bond acceptors (Lipinski definition) is 4. The molecular formula is C20H21ClN2O3. The van der Waals surface area contributed by atoms with E-state index in [2.05, 4.69) is 4.98 Å². The van der Waals surface area contributed by atoms with Gasteiger partial charge in [0.1, 0.15) is 6.04 Å². The van der Waals surface area contributed by atoms with Crippen molar-refractivity contribution in [3.63, 3.8) is 0 Å². The first-order chi connectivity index (χ1) is 12.6. The van der Waals surface area contributed by atoms with E-state index in [0.29, 0.717) is 17.0 Å². The van der Waals surface area contributed by atoms with Crippen LogP contribution in [-0.2, 0) is 16.0 Å². The number of esters is 1. The minimum absolute atomic E-state index is 0.0413. The van der Waals surface area contributed by atoms with Crippen molar-refractivity contribution in [3.05, 3.63) is 64.9 Å². The van der Waals surface area contributed by atoms with Crippen LogP contribution in [0.4, 0.5) is 0 Å². The summed E-state index contributed by atoms with van der Waals surface area (Å²) in [5.41, 5.74) is 1.36. The van der Waals surface area contributed by atoms with Crippen LogP contribution in [0.5, 0.6) is 0 Å². The number of halogens is 1. The molecule has 6 heteroatoms. The van der Waals surface area contributed by atoms with E-state index in [0.717, 1.165) is 18.4 Å². The van der Waals surface area contributed by atoms with Crippen LogP contribution in [0.1, 0.15) is 35.7 Å². The summed E-state index contributed by atoms with van der Waals surface area (Å²) in [6.07, 6.45) is 5.13. The Morgan fingerprint density at radius 1 is 1.27 bits per heavy atom. The summed E-state index contributed by atoms with van der Waals surface area (Å²) < 4.78 is 5.27. The van der Waals surface area contributed by atoms with Gasteiger partial charge < -0.3 is 9.64 Å². The average Bonchev–Trinajstić information content (AvgIpc) is 3.47. The van der Waals surface area contributed by atoms with Gasteiger partial charge in [-0.15, -0.1) is 0 Å². The Hall–Kier alpha value is -2.40. The fourth-order valence-corrected chi connectivity index (χ4v) is 3.14. The second-order valence-electron chi connectivity index (χ2n) is 6.29. The topological polar surface area (TPSA) is 59.5 Å². The molecule has 5 nitrogen and oxygen atoms in total. The highest BCUT2D eigenvalue weighted by molar-refractivity contribution is 6.30. The third kappa shape index (κ3) is 4.41. The summed E-state index contributed by atoms with van der Waals surface area (Å²) >= 11 is 5.99. The Balaban J connectivity index is 1.92. The zero-order chi connectivity index (χ0) is 18.5. The van der Waals surface area contributed by atoms with E-state index in [1.807, 2.05) is 30.3 Å². The molecule has 0 saturated heterocycles. The fourth-order valence-electron chi connectivity index (χ4n) is 2.96. The van der Waals surface area contributed by atoms with Crippen molar-refractivity contribution in [3.8, 4) is 0 Å². The molecule has 1 aromatic carbocycles. The number of pyridine rings is 1. The number of aromatic nitrogens is 1. The predicted molar refractivity (Wildman–Crippen MR) is 99.0 cm³/mol. The largest absolute Gasteiger partial charge is 0.464 e. The Kier molecular flexibility index (Phi) is 5.89. The monoisotopic (exact) mass is 372 g/mol. The van der Waals surface area contributed by atoms with Crippen molar-refractivity contribution in [1.29, 1.82) is 0 Å². The molecule has 1 fully saturated rings. The van der Waals surface area contributed by atoms with Crippen molar-refractivity contribution in [2.24, 2.45) is 0 Å². The fraction of sp³-hybridized carbons (Fsp3) is 0.350. The van der Waals surface area contributed by atoms with Gasteiger partial charge >= 0.3 is 5.97 Å². The van der Waals surface area contributed by atoms with Crippen molar-refractivity contribution < 1.29 is 14.3 Å². The van der Waals surface area contributed by atoms with Gasteiger partial charge in [-0.05, 0) is 31.4 Å². The molecule has 1 aliphatic rings. The van der Waals surface area contributed by atoms with E-state index in [4.69, 9.17) is 16.3 Å². The number of nitrogens with zero attached hydrogens (tertiary/aromatic N) is 2. The van der Waals surface area contributed by atoms with Gasteiger partial charge in [0.2, 0.25) is 0 Å². The molecule has 0 aliphatic heterocycles. The normalized spacial score (nSPS) is 14.5. The minimum Gasteiger partial charge on any atom is -0.464 e. The lowest BCUT2D eigenvalue weighted by Crippen LogP contribution is -2.48. The summed E-state index contributed by atoms with van der Waals surface area (Å²) in [7, 11) is 0. The lowest BCUT2D eigenvalue weighted by atomic mass is 10.0. The van der Waals surface area contributed by atoms with Crippen molar-refractivity contribution in [2.45, 2.75) is 38.3 Å². The van der Waals surface area contributed by atoms with Crippen molar-refractivity contribution in [2.75, 3.05) is 6.61 Å². The Morgan fingerprint density at radius 2 is 2.00 bits per heavy atom. The van der Waals surface area contributed by atoms with E-state index in [1.165, 1.54) is 12.4 Å². The van der Waals surface area contributed by atoms with Gasteiger partial charge in [0.25, 0.3) is 5.91 Å². The second-order valence-corrected chi connectivity index (χ2v) is 6.73. The first-order valence-electron chi connectivity index (χ1n) is 8.74. The first kappa shape index (κ1) is 18.4. The third-order valence-corrected chi connectivity index (χ3v) is 4.50. The number of hydrogen-bond donors (Lipinski definition) is 0. The number of amides is 1. The molecule has 0 spiro atoms. The van der Waals surface area contributed by atoms with Crippen LogP contribution in [0.25, 0.3) is 0 Å². The van der Waals surface area contributed by atoms with Crippen LogP contribution < -0.4 is 0 Å². The highest BCUT2D eigenvalue weighted by atomic mass is 35.5. The minimum atomic E-state index is -0.670. The summed E-state index contributed by atoms with van der Waals surface area (Å²) in [4.78, 5) is 31.5. The van der Waals surface area contributed by atoms with Crippen LogP contribution >= 0.6 is 11.6 Å². The van der Waals surface area contributed by atoms with Gasteiger partial charge in [-0.1, -0.05) is 41.9 Å². The van der Waals surface area contributed by atoms with Crippen LogP contribution in [-0.4, -0.2) is 40.5 Å². The van der Waals surface area contributed by atoms with Gasteiger partial charge in [0.05, 0.1) is 17.2 Å². The molecule has 2 aromatic rings. The molecule has 3 rings (SSSR count). The predicted octanol–water partition coefficient (Wildman–Crippen LogP) is 3.51. The molecule has 1 amide bonds. The molecule has 0 radical (unpaired) electrons. The maximum Gasteiger partial charge on any atom is 0.329 e.